The van der Waals surface area contributed by atoms with Crippen molar-refractivity contribution in [2.45, 2.75) is 26.7 Å². The van der Waals surface area contributed by atoms with Gasteiger partial charge in [-0.3, -0.25) is 9.59 Å². The standard InChI is InChI=1S/C23H25NO3/c1-17-5-6-18(2)20(15-17)9-12-22(25)19-7-10-21(11-8-19)27-16-23(26)24-13-3-4-14-24/h5-12,15H,3-4,13-14,16H2,1-2H3/b12-9+. The van der Waals surface area contributed by atoms with Crippen molar-refractivity contribution in [1.29, 1.82) is 0 Å². The zero-order chi connectivity index (χ0) is 19.2. The normalized spacial score (nSPS) is 13.9. The molecule has 3 rings (SSSR count). The van der Waals surface area contributed by atoms with Crippen LogP contribution in [0.1, 0.15) is 39.9 Å². The van der Waals surface area contributed by atoms with Crippen LogP contribution in [0.4, 0.5) is 0 Å². The van der Waals surface area contributed by atoms with Crippen molar-refractivity contribution in [2.24, 2.45) is 0 Å². The van der Waals surface area contributed by atoms with Crippen LogP contribution in [0, 0.1) is 13.8 Å². The molecule has 0 aliphatic carbocycles. The molecular weight excluding hydrogens is 338 g/mol. The lowest BCUT2D eigenvalue weighted by Gasteiger charge is -2.15. The van der Waals surface area contributed by atoms with Crippen molar-refractivity contribution in [3.63, 3.8) is 0 Å². The molecule has 0 unspecified atom stereocenters. The molecular formula is C23H25NO3. The third-order valence-electron chi connectivity index (χ3n) is 4.81. The number of allylic oxidation sites excluding steroid dienone is 1. The molecule has 0 saturated carbocycles. The van der Waals surface area contributed by atoms with E-state index in [1.165, 1.54) is 0 Å². The van der Waals surface area contributed by atoms with Crippen LogP contribution in [0.2, 0.25) is 0 Å². The fraction of sp³-hybridized carbons (Fsp3) is 0.304. The molecule has 1 aliphatic heterocycles. The fourth-order valence-corrected chi connectivity index (χ4v) is 3.12. The topological polar surface area (TPSA) is 46.6 Å². The number of benzene rings is 2. The predicted molar refractivity (Wildman–Crippen MR) is 107 cm³/mol. The zero-order valence-corrected chi connectivity index (χ0v) is 15.9. The summed E-state index contributed by atoms with van der Waals surface area (Å²) in [6.45, 7) is 5.75. The average molecular weight is 363 g/mol. The maximum absolute atomic E-state index is 12.4. The van der Waals surface area contributed by atoms with Gasteiger partial charge in [-0.2, -0.15) is 0 Å². The van der Waals surface area contributed by atoms with Gasteiger partial charge in [-0.15, -0.1) is 0 Å². The van der Waals surface area contributed by atoms with Gasteiger partial charge in [-0.1, -0.05) is 29.8 Å². The molecule has 27 heavy (non-hydrogen) atoms. The number of hydrogen-bond donors (Lipinski definition) is 0. The summed E-state index contributed by atoms with van der Waals surface area (Å²) in [5.41, 5.74) is 3.94. The third-order valence-corrected chi connectivity index (χ3v) is 4.81. The molecule has 1 aliphatic rings. The van der Waals surface area contributed by atoms with Gasteiger partial charge in [-0.25, -0.2) is 0 Å². The first-order chi connectivity index (χ1) is 13.0. The van der Waals surface area contributed by atoms with E-state index in [4.69, 9.17) is 4.74 Å². The van der Waals surface area contributed by atoms with Crippen molar-refractivity contribution < 1.29 is 14.3 Å². The van der Waals surface area contributed by atoms with E-state index in [0.29, 0.717) is 11.3 Å². The summed E-state index contributed by atoms with van der Waals surface area (Å²) in [6.07, 6.45) is 5.58. The molecule has 140 valence electrons. The number of nitrogens with zero attached hydrogens (tertiary/aromatic N) is 1. The summed E-state index contributed by atoms with van der Waals surface area (Å²) in [5, 5.41) is 0. The van der Waals surface area contributed by atoms with E-state index in [0.717, 1.165) is 42.6 Å². The quantitative estimate of drug-likeness (QED) is 0.571. The molecule has 1 saturated heterocycles. The van der Waals surface area contributed by atoms with Crippen LogP contribution >= 0.6 is 0 Å². The van der Waals surface area contributed by atoms with Crippen LogP contribution in [0.3, 0.4) is 0 Å². The predicted octanol–water partition coefficient (Wildman–Crippen LogP) is 4.20. The van der Waals surface area contributed by atoms with E-state index in [1.54, 1.807) is 30.3 Å². The maximum atomic E-state index is 12.4. The van der Waals surface area contributed by atoms with Crippen LogP contribution in [-0.4, -0.2) is 36.3 Å². The number of amides is 1. The lowest BCUT2D eigenvalue weighted by Crippen LogP contribution is -2.32. The first kappa shape index (κ1) is 18.9. The highest BCUT2D eigenvalue weighted by atomic mass is 16.5. The van der Waals surface area contributed by atoms with Gasteiger partial charge in [0.15, 0.2) is 12.4 Å². The molecule has 1 amide bonds. The largest absolute Gasteiger partial charge is 0.484 e. The van der Waals surface area contributed by atoms with E-state index in [2.05, 4.69) is 18.2 Å². The highest BCUT2D eigenvalue weighted by Gasteiger charge is 2.18. The van der Waals surface area contributed by atoms with E-state index in [-0.39, 0.29) is 18.3 Å². The summed E-state index contributed by atoms with van der Waals surface area (Å²) < 4.78 is 5.55. The van der Waals surface area contributed by atoms with Crippen LogP contribution < -0.4 is 4.74 Å². The first-order valence-corrected chi connectivity index (χ1v) is 9.33. The molecule has 2 aromatic rings. The number of likely N-dealkylation sites (tertiary alicyclic amines) is 1. The van der Waals surface area contributed by atoms with Gasteiger partial charge in [0.2, 0.25) is 0 Å². The molecule has 0 atom stereocenters. The van der Waals surface area contributed by atoms with Gasteiger partial charge in [-0.05, 0) is 68.2 Å². The Balaban J connectivity index is 1.57. The van der Waals surface area contributed by atoms with E-state index < -0.39 is 0 Å². The molecule has 0 N–H and O–H groups in total. The van der Waals surface area contributed by atoms with Crippen molar-refractivity contribution >= 4 is 17.8 Å². The Labute approximate surface area is 160 Å². The van der Waals surface area contributed by atoms with Gasteiger partial charge in [0.1, 0.15) is 5.75 Å². The highest BCUT2D eigenvalue weighted by molar-refractivity contribution is 6.06. The van der Waals surface area contributed by atoms with E-state index in [9.17, 15) is 9.59 Å². The van der Waals surface area contributed by atoms with Gasteiger partial charge < -0.3 is 9.64 Å². The lowest BCUT2D eigenvalue weighted by atomic mass is 10.0. The maximum Gasteiger partial charge on any atom is 0.260 e. The average Bonchev–Trinajstić information content (AvgIpc) is 3.22. The van der Waals surface area contributed by atoms with E-state index in [1.807, 2.05) is 24.8 Å². The molecule has 0 bridgehead atoms. The summed E-state index contributed by atoms with van der Waals surface area (Å²) in [6, 6.07) is 13.1. The number of ether oxygens (including phenoxy) is 1. The van der Waals surface area contributed by atoms with Crippen LogP contribution in [0.15, 0.2) is 48.5 Å². The fourth-order valence-electron chi connectivity index (χ4n) is 3.12. The Morgan fingerprint density at radius 1 is 1.04 bits per heavy atom. The van der Waals surface area contributed by atoms with Crippen molar-refractivity contribution in [3.8, 4) is 5.75 Å². The molecule has 0 aromatic heterocycles. The molecule has 0 spiro atoms. The zero-order valence-electron chi connectivity index (χ0n) is 15.9. The Kier molecular flexibility index (Phi) is 6.07. The Morgan fingerprint density at radius 2 is 1.74 bits per heavy atom. The Hall–Kier alpha value is -2.88. The lowest BCUT2D eigenvalue weighted by molar-refractivity contribution is -0.132. The smallest absolute Gasteiger partial charge is 0.260 e. The summed E-state index contributed by atoms with van der Waals surface area (Å²) in [7, 11) is 0. The number of carbonyl (C=O) groups is 2. The number of ketones is 1. The third kappa shape index (κ3) is 5.07. The van der Waals surface area contributed by atoms with Crippen molar-refractivity contribution in [3.05, 3.63) is 70.8 Å². The summed E-state index contributed by atoms with van der Waals surface area (Å²) >= 11 is 0. The number of hydrogen-bond acceptors (Lipinski definition) is 3. The molecule has 4 nitrogen and oxygen atoms in total. The SMILES string of the molecule is Cc1ccc(C)c(/C=C/C(=O)c2ccc(OCC(=O)N3CCCC3)cc2)c1. The molecule has 2 aromatic carbocycles. The molecule has 4 heteroatoms. The monoisotopic (exact) mass is 363 g/mol. The van der Waals surface area contributed by atoms with Crippen LogP contribution in [0.25, 0.3) is 6.08 Å². The summed E-state index contributed by atoms with van der Waals surface area (Å²) in [4.78, 5) is 26.2. The minimum absolute atomic E-state index is 0.0177. The highest BCUT2D eigenvalue weighted by Crippen LogP contribution is 2.16. The number of carbonyl (C=O) groups excluding carboxylic acids is 2. The number of rotatable bonds is 6. The molecule has 1 heterocycles. The van der Waals surface area contributed by atoms with Gasteiger partial charge in [0.25, 0.3) is 5.91 Å². The second-order valence-corrected chi connectivity index (χ2v) is 6.96. The second kappa shape index (κ2) is 8.67. The molecule has 0 radical (unpaired) electrons. The van der Waals surface area contributed by atoms with Crippen molar-refractivity contribution in [2.75, 3.05) is 19.7 Å². The second-order valence-electron chi connectivity index (χ2n) is 6.96. The number of aryl methyl sites for hydroxylation is 2. The summed E-state index contributed by atoms with van der Waals surface area (Å²) in [5.74, 6) is 0.553. The minimum Gasteiger partial charge on any atom is -0.484 e. The Bertz CT molecular complexity index is 846. The van der Waals surface area contributed by atoms with Gasteiger partial charge >= 0.3 is 0 Å². The molecule has 1 fully saturated rings. The van der Waals surface area contributed by atoms with E-state index >= 15 is 0 Å². The first-order valence-electron chi connectivity index (χ1n) is 9.33. The minimum atomic E-state index is -0.0596. The van der Waals surface area contributed by atoms with Gasteiger partial charge in [0.05, 0.1) is 0 Å². The van der Waals surface area contributed by atoms with Crippen LogP contribution in [-0.2, 0) is 4.79 Å². The van der Waals surface area contributed by atoms with Gasteiger partial charge in [0, 0.05) is 18.7 Å². The van der Waals surface area contributed by atoms with Crippen molar-refractivity contribution in [1.82, 2.24) is 4.90 Å². The van der Waals surface area contributed by atoms with Crippen LogP contribution in [0.5, 0.6) is 5.75 Å². The Morgan fingerprint density at radius 3 is 2.44 bits per heavy atom.